The molecule has 106 valence electrons. The number of benzene rings is 1. The van der Waals surface area contributed by atoms with Gasteiger partial charge in [-0.2, -0.15) is 0 Å². The monoisotopic (exact) mass is 330 g/mol. The van der Waals surface area contributed by atoms with Gasteiger partial charge in [-0.15, -0.1) is 0 Å². The molecule has 1 saturated carbocycles. The Kier molecular flexibility index (Phi) is 4.98. The van der Waals surface area contributed by atoms with Crippen LogP contribution in [0, 0.1) is 17.2 Å². The lowest BCUT2D eigenvalue weighted by molar-refractivity contribution is 0.00565. The van der Waals surface area contributed by atoms with Gasteiger partial charge in [-0.1, -0.05) is 28.8 Å². The van der Waals surface area contributed by atoms with Gasteiger partial charge in [-0.25, -0.2) is 4.39 Å². The minimum Gasteiger partial charge on any atom is -0.396 e. The number of hydrogen-bond acceptors (Lipinski definition) is 2. The molecule has 0 atom stereocenters. The van der Waals surface area contributed by atoms with Gasteiger partial charge < -0.3 is 10.2 Å². The van der Waals surface area contributed by atoms with Gasteiger partial charge >= 0.3 is 0 Å². The molecule has 2 nitrogen and oxygen atoms in total. The predicted octanol–water partition coefficient (Wildman–Crippen LogP) is 3.29. The molecule has 1 fully saturated rings. The SMILES string of the molecule is OCC(CO)(Cc1cc(F)cc(Br)c1)C1CCCC1. The van der Waals surface area contributed by atoms with E-state index in [1.807, 2.05) is 6.07 Å². The van der Waals surface area contributed by atoms with Crippen molar-refractivity contribution in [3.8, 4) is 0 Å². The Labute approximate surface area is 121 Å². The molecule has 2 rings (SSSR count). The Hall–Kier alpha value is -0.450. The van der Waals surface area contributed by atoms with Crippen LogP contribution < -0.4 is 0 Å². The second kappa shape index (κ2) is 6.33. The van der Waals surface area contributed by atoms with E-state index in [9.17, 15) is 14.6 Å². The fourth-order valence-corrected chi connectivity index (χ4v) is 3.73. The first-order chi connectivity index (χ1) is 9.09. The van der Waals surface area contributed by atoms with E-state index < -0.39 is 5.41 Å². The van der Waals surface area contributed by atoms with Crippen molar-refractivity contribution in [1.82, 2.24) is 0 Å². The van der Waals surface area contributed by atoms with Crippen LogP contribution in [0.2, 0.25) is 0 Å². The maximum absolute atomic E-state index is 13.4. The van der Waals surface area contributed by atoms with Gasteiger partial charge in [-0.05, 0) is 48.9 Å². The van der Waals surface area contributed by atoms with Crippen LogP contribution in [0.25, 0.3) is 0 Å². The molecule has 19 heavy (non-hydrogen) atoms. The standard InChI is InChI=1S/C15H20BrFO2/c16-13-5-11(6-14(17)7-13)8-15(9-18,10-19)12-3-1-2-4-12/h5-7,12,18-19H,1-4,8-10H2. The average Bonchev–Trinajstić information content (AvgIpc) is 2.89. The molecule has 4 heteroatoms. The third kappa shape index (κ3) is 3.36. The first kappa shape index (κ1) is 14.9. The lowest BCUT2D eigenvalue weighted by Gasteiger charge is -2.36. The molecule has 1 aromatic rings. The molecular formula is C15H20BrFO2. The molecule has 0 saturated heterocycles. The molecule has 0 spiro atoms. The maximum Gasteiger partial charge on any atom is 0.124 e. The van der Waals surface area contributed by atoms with Crippen LogP contribution in [-0.2, 0) is 6.42 Å². The second-order valence-electron chi connectivity index (χ2n) is 5.61. The Morgan fingerprint density at radius 2 is 1.79 bits per heavy atom. The molecule has 0 bridgehead atoms. The van der Waals surface area contributed by atoms with E-state index >= 15 is 0 Å². The Bertz CT molecular complexity index is 406. The van der Waals surface area contributed by atoms with Gasteiger partial charge in [-0.3, -0.25) is 0 Å². The molecule has 1 aromatic carbocycles. The molecule has 0 aliphatic heterocycles. The largest absolute Gasteiger partial charge is 0.396 e. The predicted molar refractivity (Wildman–Crippen MR) is 76.4 cm³/mol. The van der Waals surface area contributed by atoms with E-state index in [0.29, 0.717) is 16.8 Å². The number of aliphatic hydroxyl groups is 2. The summed E-state index contributed by atoms with van der Waals surface area (Å²) in [4.78, 5) is 0. The highest BCUT2D eigenvalue weighted by Crippen LogP contribution is 2.42. The molecule has 1 aliphatic carbocycles. The zero-order valence-electron chi connectivity index (χ0n) is 10.9. The molecule has 0 radical (unpaired) electrons. The first-order valence-electron chi connectivity index (χ1n) is 6.76. The molecule has 0 heterocycles. The topological polar surface area (TPSA) is 40.5 Å². The van der Waals surface area contributed by atoms with E-state index in [2.05, 4.69) is 15.9 Å². The van der Waals surface area contributed by atoms with Gasteiger partial charge in [0.15, 0.2) is 0 Å². The van der Waals surface area contributed by atoms with E-state index in [0.717, 1.165) is 31.2 Å². The fraction of sp³-hybridized carbons (Fsp3) is 0.600. The summed E-state index contributed by atoms with van der Waals surface area (Å²) in [5.74, 6) is 0.0325. The van der Waals surface area contributed by atoms with Gasteiger partial charge in [0.2, 0.25) is 0 Å². The Morgan fingerprint density at radius 1 is 1.16 bits per heavy atom. The van der Waals surface area contributed by atoms with Gasteiger partial charge in [0.05, 0.1) is 13.2 Å². The summed E-state index contributed by atoms with van der Waals surface area (Å²) >= 11 is 3.28. The van der Waals surface area contributed by atoms with Crippen LogP contribution in [0.5, 0.6) is 0 Å². The van der Waals surface area contributed by atoms with Crippen molar-refractivity contribution in [3.05, 3.63) is 34.1 Å². The minimum absolute atomic E-state index is 0.0533. The van der Waals surface area contributed by atoms with Crippen molar-refractivity contribution in [2.45, 2.75) is 32.1 Å². The van der Waals surface area contributed by atoms with Crippen LogP contribution in [0.3, 0.4) is 0 Å². The molecular weight excluding hydrogens is 311 g/mol. The average molecular weight is 331 g/mol. The van der Waals surface area contributed by atoms with E-state index in [1.165, 1.54) is 12.1 Å². The number of halogens is 2. The van der Waals surface area contributed by atoms with Crippen molar-refractivity contribution < 1.29 is 14.6 Å². The Morgan fingerprint density at radius 3 is 2.32 bits per heavy atom. The van der Waals surface area contributed by atoms with E-state index in [-0.39, 0.29) is 19.0 Å². The molecule has 2 N–H and O–H groups in total. The quantitative estimate of drug-likeness (QED) is 0.869. The third-order valence-corrected chi connectivity index (χ3v) is 4.79. The van der Waals surface area contributed by atoms with Crippen LogP contribution >= 0.6 is 15.9 Å². The van der Waals surface area contributed by atoms with Gasteiger partial charge in [0, 0.05) is 9.89 Å². The van der Waals surface area contributed by atoms with Gasteiger partial charge in [0.25, 0.3) is 0 Å². The second-order valence-corrected chi connectivity index (χ2v) is 6.53. The highest BCUT2D eigenvalue weighted by atomic mass is 79.9. The normalized spacial score (nSPS) is 17.1. The van der Waals surface area contributed by atoms with Crippen molar-refractivity contribution in [1.29, 1.82) is 0 Å². The van der Waals surface area contributed by atoms with E-state index in [4.69, 9.17) is 0 Å². The Balaban J connectivity index is 2.24. The lowest BCUT2D eigenvalue weighted by Crippen LogP contribution is -2.39. The number of rotatable bonds is 5. The van der Waals surface area contributed by atoms with Crippen LogP contribution in [0.15, 0.2) is 22.7 Å². The van der Waals surface area contributed by atoms with Crippen molar-refractivity contribution in [3.63, 3.8) is 0 Å². The van der Waals surface area contributed by atoms with Crippen molar-refractivity contribution in [2.75, 3.05) is 13.2 Å². The summed E-state index contributed by atoms with van der Waals surface area (Å²) < 4.78 is 14.1. The van der Waals surface area contributed by atoms with E-state index in [1.54, 1.807) is 0 Å². The summed E-state index contributed by atoms with van der Waals surface area (Å²) in [6.07, 6.45) is 4.90. The van der Waals surface area contributed by atoms with Crippen molar-refractivity contribution >= 4 is 15.9 Å². The van der Waals surface area contributed by atoms with Crippen LogP contribution in [-0.4, -0.2) is 23.4 Å². The van der Waals surface area contributed by atoms with Gasteiger partial charge in [0.1, 0.15) is 5.82 Å². The number of hydrogen-bond donors (Lipinski definition) is 2. The summed E-state index contributed by atoms with van der Waals surface area (Å²) in [6.45, 7) is -0.107. The highest BCUT2D eigenvalue weighted by molar-refractivity contribution is 9.10. The lowest BCUT2D eigenvalue weighted by atomic mass is 9.71. The van der Waals surface area contributed by atoms with Crippen LogP contribution in [0.1, 0.15) is 31.2 Å². The maximum atomic E-state index is 13.4. The summed E-state index contributed by atoms with van der Waals surface area (Å²) in [5.41, 5.74) is 0.297. The number of aliphatic hydroxyl groups excluding tert-OH is 2. The minimum atomic E-state index is -0.524. The molecule has 0 aromatic heterocycles. The van der Waals surface area contributed by atoms with Crippen molar-refractivity contribution in [2.24, 2.45) is 11.3 Å². The smallest absolute Gasteiger partial charge is 0.124 e. The fourth-order valence-electron chi connectivity index (χ4n) is 3.22. The summed E-state index contributed by atoms with van der Waals surface area (Å²) in [5, 5.41) is 19.5. The molecule has 1 aliphatic rings. The zero-order chi connectivity index (χ0) is 13.9. The highest BCUT2D eigenvalue weighted by Gasteiger charge is 2.39. The molecule has 0 amide bonds. The first-order valence-corrected chi connectivity index (χ1v) is 7.55. The third-order valence-electron chi connectivity index (χ3n) is 4.33. The molecule has 0 unspecified atom stereocenters. The van der Waals surface area contributed by atoms with Crippen LogP contribution in [0.4, 0.5) is 4.39 Å². The zero-order valence-corrected chi connectivity index (χ0v) is 12.5. The summed E-state index contributed by atoms with van der Waals surface area (Å²) in [6, 6.07) is 4.76. The summed E-state index contributed by atoms with van der Waals surface area (Å²) in [7, 11) is 0.